The van der Waals surface area contributed by atoms with Crippen LogP contribution in [0.1, 0.15) is 46.2 Å². The molecule has 0 radical (unpaired) electrons. The van der Waals surface area contributed by atoms with Crippen molar-refractivity contribution in [2.75, 3.05) is 6.61 Å². The van der Waals surface area contributed by atoms with Gasteiger partial charge < -0.3 is 10.8 Å². The van der Waals surface area contributed by atoms with E-state index in [1.807, 2.05) is 37.7 Å². The zero-order valence-electron chi connectivity index (χ0n) is 12.4. The van der Waals surface area contributed by atoms with Gasteiger partial charge in [0.1, 0.15) is 0 Å². The van der Waals surface area contributed by atoms with E-state index in [4.69, 9.17) is 5.73 Å². The first-order valence-corrected chi connectivity index (χ1v) is 7.13. The van der Waals surface area contributed by atoms with Gasteiger partial charge >= 0.3 is 0 Å². The van der Waals surface area contributed by atoms with Crippen LogP contribution in [0.15, 0.2) is 29.2 Å². The lowest BCUT2D eigenvalue weighted by Gasteiger charge is -2.32. The highest BCUT2D eigenvalue weighted by atomic mass is 35.5. The first-order valence-electron chi connectivity index (χ1n) is 6.32. The Morgan fingerprint density at radius 3 is 2.16 bits per heavy atom. The van der Waals surface area contributed by atoms with Crippen molar-refractivity contribution in [3.05, 3.63) is 29.8 Å². The minimum Gasteiger partial charge on any atom is -0.396 e. The maximum atomic E-state index is 9.46. The Morgan fingerprint density at radius 2 is 1.68 bits per heavy atom. The molecule has 1 aromatic rings. The third kappa shape index (κ3) is 5.35. The van der Waals surface area contributed by atoms with Crippen LogP contribution in [-0.2, 0) is 0 Å². The summed E-state index contributed by atoms with van der Waals surface area (Å²) < 4.78 is 0.152. The van der Waals surface area contributed by atoms with Gasteiger partial charge in [0.2, 0.25) is 0 Å². The number of rotatable bonds is 4. The highest BCUT2D eigenvalue weighted by molar-refractivity contribution is 8.00. The van der Waals surface area contributed by atoms with Crippen LogP contribution in [-0.4, -0.2) is 16.5 Å². The molecule has 0 saturated carbocycles. The topological polar surface area (TPSA) is 46.2 Å². The van der Waals surface area contributed by atoms with Crippen molar-refractivity contribution in [3.8, 4) is 0 Å². The van der Waals surface area contributed by atoms with Gasteiger partial charge in [0.25, 0.3) is 0 Å². The van der Waals surface area contributed by atoms with Crippen molar-refractivity contribution in [2.45, 2.75) is 50.3 Å². The van der Waals surface area contributed by atoms with Gasteiger partial charge in [-0.1, -0.05) is 52.8 Å². The van der Waals surface area contributed by atoms with Crippen molar-refractivity contribution in [1.29, 1.82) is 0 Å². The fraction of sp³-hybridized carbons (Fsp3) is 0.600. The number of thioether (sulfide) groups is 1. The molecule has 0 aromatic heterocycles. The van der Waals surface area contributed by atoms with E-state index in [0.29, 0.717) is 0 Å². The van der Waals surface area contributed by atoms with Crippen molar-refractivity contribution in [2.24, 2.45) is 11.1 Å². The molecule has 0 aliphatic rings. The molecule has 0 saturated heterocycles. The summed E-state index contributed by atoms with van der Waals surface area (Å²) in [5.74, 6) is 0. The molecule has 0 fully saturated rings. The van der Waals surface area contributed by atoms with Crippen LogP contribution in [0.5, 0.6) is 0 Å². The molecule has 110 valence electrons. The summed E-state index contributed by atoms with van der Waals surface area (Å²) >= 11 is 1.82. The average molecular weight is 304 g/mol. The molecule has 0 bridgehead atoms. The van der Waals surface area contributed by atoms with Gasteiger partial charge in [-0.05, 0) is 11.6 Å². The standard InChI is InChI=1S/C15H25NOS.ClH/c1-14(2,3)18-12-9-7-6-8-11(12)13(16)15(4,5)10-17;/h6-9,13,17H,10,16H2,1-5H3;1H/t13-;/m0./s1. The van der Waals surface area contributed by atoms with Crippen LogP contribution in [0.4, 0.5) is 0 Å². The van der Waals surface area contributed by atoms with Crippen LogP contribution in [0, 0.1) is 5.41 Å². The normalized spacial score (nSPS) is 13.8. The van der Waals surface area contributed by atoms with Gasteiger partial charge in [0, 0.05) is 27.7 Å². The summed E-state index contributed by atoms with van der Waals surface area (Å²) in [6.07, 6.45) is 0. The quantitative estimate of drug-likeness (QED) is 0.826. The molecule has 0 heterocycles. The number of hydrogen-bond acceptors (Lipinski definition) is 3. The predicted octanol–water partition coefficient (Wildman–Crippen LogP) is 4.02. The Kier molecular flexibility index (Phi) is 6.90. The van der Waals surface area contributed by atoms with Gasteiger partial charge in [-0.15, -0.1) is 24.2 Å². The van der Waals surface area contributed by atoms with Crippen LogP contribution >= 0.6 is 24.2 Å². The second kappa shape index (κ2) is 6.98. The van der Waals surface area contributed by atoms with E-state index in [9.17, 15) is 5.11 Å². The smallest absolute Gasteiger partial charge is 0.0500 e. The number of halogens is 1. The maximum absolute atomic E-state index is 9.46. The van der Waals surface area contributed by atoms with Crippen molar-refractivity contribution < 1.29 is 5.11 Å². The van der Waals surface area contributed by atoms with Crippen molar-refractivity contribution in [1.82, 2.24) is 0 Å². The second-order valence-corrected chi connectivity index (χ2v) is 8.25. The zero-order valence-corrected chi connectivity index (χ0v) is 14.1. The van der Waals surface area contributed by atoms with E-state index in [1.54, 1.807) is 0 Å². The highest BCUT2D eigenvalue weighted by Gasteiger charge is 2.29. The molecule has 4 heteroatoms. The molecule has 1 rings (SSSR count). The van der Waals surface area contributed by atoms with Gasteiger partial charge in [0.15, 0.2) is 0 Å². The molecule has 0 amide bonds. The average Bonchev–Trinajstić information content (AvgIpc) is 2.26. The Labute approximate surface area is 127 Å². The summed E-state index contributed by atoms with van der Waals surface area (Å²) in [6.45, 7) is 10.7. The Bertz CT molecular complexity index is 401. The minimum atomic E-state index is -0.311. The lowest BCUT2D eigenvalue weighted by Crippen LogP contribution is -2.32. The van der Waals surface area contributed by atoms with E-state index in [1.165, 1.54) is 4.90 Å². The van der Waals surface area contributed by atoms with Gasteiger partial charge in [-0.2, -0.15) is 0 Å². The van der Waals surface area contributed by atoms with E-state index in [2.05, 4.69) is 32.9 Å². The number of benzene rings is 1. The summed E-state index contributed by atoms with van der Waals surface area (Å²) in [6, 6.07) is 8.06. The van der Waals surface area contributed by atoms with Gasteiger partial charge in [-0.3, -0.25) is 0 Å². The van der Waals surface area contributed by atoms with E-state index < -0.39 is 0 Å². The van der Waals surface area contributed by atoms with E-state index >= 15 is 0 Å². The van der Waals surface area contributed by atoms with Crippen LogP contribution in [0.3, 0.4) is 0 Å². The van der Waals surface area contributed by atoms with Crippen LogP contribution < -0.4 is 5.73 Å². The number of aliphatic hydroxyl groups is 1. The van der Waals surface area contributed by atoms with E-state index in [0.717, 1.165) is 5.56 Å². The second-order valence-electron chi connectivity index (χ2n) is 6.38. The largest absolute Gasteiger partial charge is 0.396 e. The monoisotopic (exact) mass is 303 g/mol. The predicted molar refractivity (Wildman–Crippen MR) is 87.1 cm³/mol. The molecule has 19 heavy (non-hydrogen) atoms. The molecule has 0 spiro atoms. The van der Waals surface area contributed by atoms with Crippen molar-refractivity contribution >= 4 is 24.2 Å². The fourth-order valence-corrected chi connectivity index (χ4v) is 2.80. The summed E-state index contributed by atoms with van der Waals surface area (Å²) in [5, 5.41) is 9.46. The lowest BCUT2D eigenvalue weighted by molar-refractivity contribution is 0.131. The van der Waals surface area contributed by atoms with Crippen LogP contribution in [0.2, 0.25) is 0 Å². The Balaban J connectivity index is 0.00000324. The van der Waals surface area contributed by atoms with E-state index in [-0.39, 0.29) is 35.2 Å². The first kappa shape index (κ1) is 18.8. The van der Waals surface area contributed by atoms with Crippen LogP contribution in [0.25, 0.3) is 0 Å². The number of nitrogens with two attached hydrogens (primary N) is 1. The maximum Gasteiger partial charge on any atom is 0.0500 e. The third-order valence-electron chi connectivity index (χ3n) is 2.92. The third-order valence-corrected chi connectivity index (χ3v) is 4.12. The minimum absolute atomic E-state index is 0. The zero-order chi connectivity index (χ0) is 14.0. The molecular weight excluding hydrogens is 278 g/mol. The fourth-order valence-electron chi connectivity index (χ4n) is 1.68. The highest BCUT2D eigenvalue weighted by Crippen LogP contribution is 2.40. The molecule has 2 nitrogen and oxygen atoms in total. The van der Waals surface area contributed by atoms with Gasteiger partial charge in [0.05, 0.1) is 0 Å². The van der Waals surface area contributed by atoms with Gasteiger partial charge in [-0.25, -0.2) is 0 Å². The van der Waals surface area contributed by atoms with Crippen molar-refractivity contribution in [3.63, 3.8) is 0 Å². The first-order chi connectivity index (χ1) is 8.17. The number of aliphatic hydroxyl groups excluding tert-OH is 1. The molecule has 0 aliphatic heterocycles. The SMILES string of the molecule is CC(C)(C)Sc1ccccc1[C@H](N)C(C)(C)CO.Cl. The number of hydrogen-bond donors (Lipinski definition) is 2. The molecule has 1 atom stereocenters. The molecular formula is C15H26ClNOS. The summed E-state index contributed by atoms with van der Waals surface area (Å²) in [7, 11) is 0. The Hall–Kier alpha value is -0.220. The Morgan fingerprint density at radius 1 is 1.16 bits per heavy atom. The molecule has 1 aromatic carbocycles. The summed E-state index contributed by atoms with van der Waals surface area (Å²) in [4.78, 5) is 1.21. The molecule has 3 N–H and O–H groups in total. The molecule has 0 unspecified atom stereocenters. The molecule has 0 aliphatic carbocycles. The lowest BCUT2D eigenvalue weighted by atomic mass is 9.82. The summed E-state index contributed by atoms with van der Waals surface area (Å²) in [5.41, 5.74) is 7.14.